The van der Waals surface area contributed by atoms with Crippen molar-refractivity contribution in [3.8, 4) is 5.75 Å². The van der Waals surface area contributed by atoms with Crippen LogP contribution >= 0.6 is 0 Å². The number of nitrogens with one attached hydrogen (secondary N) is 3. The monoisotopic (exact) mass is 328 g/mol. The van der Waals surface area contributed by atoms with Gasteiger partial charge in [0, 0.05) is 32.2 Å². The zero-order valence-electron chi connectivity index (χ0n) is 13.2. The molecule has 0 saturated carbocycles. The molecule has 124 valence electrons. The van der Waals surface area contributed by atoms with E-state index in [9.17, 15) is 8.42 Å². The Bertz CT molecular complexity index is 588. The van der Waals surface area contributed by atoms with E-state index in [1.54, 1.807) is 21.1 Å². The molecule has 0 aliphatic rings. The smallest absolute Gasteiger partial charge is 0.211 e. The molecule has 0 bridgehead atoms. The number of benzene rings is 1. The SMILES string of the molecule is CCS(=O)(=O)NCCNC(=NC)NCc1ccccc1OC. The second kappa shape index (κ2) is 9.26. The summed E-state index contributed by atoms with van der Waals surface area (Å²) < 4.78 is 30.4. The number of aliphatic imine (C=N–C) groups is 1. The maximum atomic E-state index is 11.3. The molecule has 0 aromatic heterocycles. The lowest BCUT2D eigenvalue weighted by Gasteiger charge is -2.13. The molecular weight excluding hydrogens is 304 g/mol. The predicted octanol–water partition coefficient (Wildman–Crippen LogP) is 0.300. The van der Waals surface area contributed by atoms with Gasteiger partial charge >= 0.3 is 0 Å². The van der Waals surface area contributed by atoms with Gasteiger partial charge in [0.05, 0.1) is 12.9 Å². The normalized spacial score (nSPS) is 12.0. The molecule has 0 amide bonds. The van der Waals surface area contributed by atoms with Gasteiger partial charge < -0.3 is 15.4 Å². The second-order valence-electron chi connectivity index (χ2n) is 4.46. The Morgan fingerprint density at radius 1 is 1.23 bits per heavy atom. The van der Waals surface area contributed by atoms with Crippen molar-refractivity contribution in [2.45, 2.75) is 13.5 Å². The number of hydrogen-bond acceptors (Lipinski definition) is 4. The van der Waals surface area contributed by atoms with Crippen LogP contribution in [0.2, 0.25) is 0 Å². The van der Waals surface area contributed by atoms with Crippen LogP contribution in [0.4, 0.5) is 0 Å². The lowest BCUT2D eigenvalue weighted by molar-refractivity contribution is 0.409. The summed E-state index contributed by atoms with van der Waals surface area (Å²) in [6.07, 6.45) is 0. The Morgan fingerprint density at radius 2 is 1.95 bits per heavy atom. The summed E-state index contributed by atoms with van der Waals surface area (Å²) in [6, 6.07) is 7.71. The summed E-state index contributed by atoms with van der Waals surface area (Å²) in [7, 11) is 0.136. The van der Waals surface area contributed by atoms with Crippen LogP contribution in [0.3, 0.4) is 0 Å². The van der Waals surface area contributed by atoms with E-state index in [4.69, 9.17) is 4.74 Å². The van der Waals surface area contributed by atoms with Crippen molar-refractivity contribution in [3.05, 3.63) is 29.8 Å². The van der Waals surface area contributed by atoms with Gasteiger partial charge in [0.1, 0.15) is 5.75 Å². The van der Waals surface area contributed by atoms with Crippen LogP contribution in [0.1, 0.15) is 12.5 Å². The quantitative estimate of drug-likeness (QED) is 0.363. The summed E-state index contributed by atoms with van der Waals surface area (Å²) in [5.74, 6) is 1.48. The van der Waals surface area contributed by atoms with Crippen molar-refractivity contribution in [2.24, 2.45) is 4.99 Å². The molecule has 3 N–H and O–H groups in total. The number of rotatable bonds is 8. The van der Waals surface area contributed by atoms with Crippen LogP contribution in [0.25, 0.3) is 0 Å². The molecule has 1 rings (SSSR count). The van der Waals surface area contributed by atoms with Gasteiger partial charge in [0.15, 0.2) is 5.96 Å². The van der Waals surface area contributed by atoms with Crippen molar-refractivity contribution in [2.75, 3.05) is 33.0 Å². The molecule has 0 heterocycles. The third-order valence-corrected chi connectivity index (χ3v) is 4.39. The summed E-state index contributed by atoms with van der Waals surface area (Å²) in [5.41, 5.74) is 1.01. The number of hydrogen-bond donors (Lipinski definition) is 3. The van der Waals surface area contributed by atoms with Gasteiger partial charge in [-0.15, -0.1) is 0 Å². The minimum Gasteiger partial charge on any atom is -0.496 e. The molecule has 7 nitrogen and oxygen atoms in total. The van der Waals surface area contributed by atoms with Crippen molar-refractivity contribution in [1.29, 1.82) is 0 Å². The van der Waals surface area contributed by atoms with Crippen LogP contribution < -0.4 is 20.1 Å². The maximum Gasteiger partial charge on any atom is 0.211 e. The molecule has 0 atom stereocenters. The first-order valence-corrected chi connectivity index (χ1v) is 8.71. The van der Waals surface area contributed by atoms with Gasteiger partial charge in [-0.25, -0.2) is 13.1 Å². The zero-order chi connectivity index (χ0) is 16.4. The number of ether oxygens (including phenoxy) is 1. The van der Waals surface area contributed by atoms with Crippen LogP contribution in [-0.4, -0.2) is 47.4 Å². The minimum absolute atomic E-state index is 0.0772. The Hall–Kier alpha value is -1.80. The average Bonchev–Trinajstić information content (AvgIpc) is 2.54. The van der Waals surface area contributed by atoms with Gasteiger partial charge in [-0.2, -0.15) is 0 Å². The molecular formula is C14H24N4O3S. The van der Waals surface area contributed by atoms with Crippen molar-refractivity contribution < 1.29 is 13.2 Å². The highest BCUT2D eigenvalue weighted by atomic mass is 32.2. The zero-order valence-corrected chi connectivity index (χ0v) is 14.0. The van der Waals surface area contributed by atoms with E-state index in [0.717, 1.165) is 11.3 Å². The molecule has 22 heavy (non-hydrogen) atoms. The van der Waals surface area contributed by atoms with E-state index < -0.39 is 10.0 Å². The first kappa shape index (κ1) is 18.2. The van der Waals surface area contributed by atoms with E-state index in [1.165, 1.54) is 0 Å². The van der Waals surface area contributed by atoms with Gasteiger partial charge in [0.2, 0.25) is 10.0 Å². The van der Waals surface area contributed by atoms with Crippen molar-refractivity contribution in [1.82, 2.24) is 15.4 Å². The van der Waals surface area contributed by atoms with Crippen molar-refractivity contribution in [3.63, 3.8) is 0 Å². The molecule has 0 saturated heterocycles. The molecule has 8 heteroatoms. The molecule has 1 aromatic carbocycles. The third kappa shape index (κ3) is 6.31. The summed E-state index contributed by atoms with van der Waals surface area (Å²) in [4.78, 5) is 4.09. The summed E-state index contributed by atoms with van der Waals surface area (Å²) in [5, 5.41) is 6.20. The van der Waals surface area contributed by atoms with Crippen LogP contribution in [-0.2, 0) is 16.6 Å². The highest BCUT2D eigenvalue weighted by Crippen LogP contribution is 2.16. The lowest BCUT2D eigenvalue weighted by Crippen LogP contribution is -2.41. The topological polar surface area (TPSA) is 91.8 Å². The predicted molar refractivity (Wildman–Crippen MR) is 88.7 cm³/mol. The molecule has 1 aromatic rings. The average molecular weight is 328 g/mol. The fourth-order valence-electron chi connectivity index (χ4n) is 1.74. The summed E-state index contributed by atoms with van der Waals surface area (Å²) in [6.45, 7) is 2.92. The number of guanidine groups is 1. The third-order valence-electron chi connectivity index (χ3n) is 2.98. The van der Waals surface area contributed by atoms with Gasteiger partial charge in [-0.05, 0) is 13.0 Å². The molecule has 0 aliphatic heterocycles. The minimum atomic E-state index is -3.16. The first-order chi connectivity index (χ1) is 10.5. The molecule has 0 unspecified atom stereocenters. The maximum absolute atomic E-state index is 11.3. The van der Waals surface area contributed by atoms with E-state index in [2.05, 4.69) is 20.3 Å². The Kier molecular flexibility index (Phi) is 7.69. The lowest BCUT2D eigenvalue weighted by atomic mass is 10.2. The Labute approximate surface area is 132 Å². The first-order valence-electron chi connectivity index (χ1n) is 7.06. The highest BCUT2D eigenvalue weighted by Gasteiger charge is 2.06. The second-order valence-corrected chi connectivity index (χ2v) is 6.56. The highest BCUT2D eigenvalue weighted by molar-refractivity contribution is 7.89. The van der Waals surface area contributed by atoms with Crippen LogP contribution in [0.15, 0.2) is 29.3 Å². The fraction of sp³-hybridized carbons (Fsp3) is 0.500. The van der Waals surface area contributed by atoms with E-state index in [1.807, 2.05) is 24.3 Å². The largest absolute Gasteiger partial charge is 0.496 e. The molecule has 0 spiro atoms. The van der Waals surface area contributed by atoms with E-state index in [0.29, 0.717) is 25.6 Å². The van der Waals surface area contributed by atoms with Gasteiger partial charge in [-0.3, -0.25) is 4.99 Å². The van der Waals surface area contributed by atoms with Crippen LogP contribution in [0.5, 0.6) is 5.75 Å². The fourth-order valence-corrected chi connectivity index (χ4v) is 2.36. The van der Waals surface area contributed by atoms with Crippen molar-refractivity contribution >= 4 is 16.0 Å². The van der Waals surface area contributed by atoms with E-state index >= 15 is 0 Å². The number of nitrogens with zero attached hydrogens (tertiary/aromatic N) is 1. The Morgan fingerprint density at radius 3 is 2.59 bits per heavy atom. The summed E-state index contributed by atoms with van der Waals surface area (Å²) >= 11 is 0. The van der Waals surface area contributed by atoms with E-state index in [-0.39, 0.29) is 5.75 Å². The Balaban J connectivity index is 2.40. The number of methoxy groups -OCH3 is 1. The number of sulfonamides is 1. The molecule has 0 fully saturated rings. The number of para-hydroxylation sites is 1. The van der Waals surface area contributed by atoms with Crippen LogP contribution in [0, 0.1) is 0 Å². The van der Waals surface area contributed by atoms with Gasteiger partial charge in [-0.1, -0.05) is 18.2 Å². The molecule has 0 radical (unpaired) electrons. The van der Waals surface area contributed by atoms with Gasteiger partial charge in [0.25, 0.3) is 0 Å². The standard InChI is InChI=1S/C14H24N4O3S/c1-4-22(19,20)18-10-9-16-14(15-2)17-11-12-7-5-6-8-13(12)21-3/h5-8,18H,4,9-11H2,1-3H3,(H2,15,16,17). The molecule has 0 aliphatic carbocycles.